The van der Waals surface area contributed by atoms with E-state index in [0.29, 0.717) is 23.2 Å². The Hall–Kier alpha value is -2.73. The molecular formula is C24H25FN2O2S. The first-order chi connectivity index (χ1) is 14.5. The molecule has 1 heterocycles. The highest BCUT2D eigenvalue weighted by Gasteiger charge is 2.40. The van der Waals surface area contributed by atoms with E-state index < -0.39 is 0 Å². The molecule has 0 unspecified atom stereocenters. The lowest BCUT2D eigenvalue weighted by Gasteiger charge is -2.30. The Morgan fingerprint density at radius 3 is 2.40 bits per heavy atom. The van der Waals surface area contributed by atoms with E-state index in [1.807, 2.05) is 42.3 Å². The fourth-order valence-corrected chi connectivity index (χ4v) is 4.33. The quantitative estimate of drug-likeness (QED) is 0.492. The normalized spacial score (nSPS) is 19.1. The van der Waals surface area contributed by atoms with Crippen molar-refractivity contribution in [1.29, 1.82) is 0 Å². The lowest BCUT2D eigenvalue weighted by atomic mass is 9.94. The number of hydrogen-bond acceptors (Lipinski definition) is 3. The van der Waals surface area contributed by atoms with Gasteiger partial charge in [-0.2, -0.15) is 0 Å². The molecule has 156 valence electrons. The molecule has 1 saturated heterocycles. The van der Waals surface area contributed by atoms with Crippen molar-refractivity contribution in [3.05, 3.63) is 71.2 Å². The summed E-state index contributed by atoms with van der Waals surface area (Å²) in [4.78, 5) is 16.7. The zero-order valence-electron chi connectivity index (χ0n) is 17.0. The number of ether oxygens (including phenoxy) is 1. The highest BCUT2D eigenvalue weighted by Crippen LogP contribution is 2.30. The smallest absolute Gasteiger partial charge is 0.277 e. The van der Waals surface area contributed by atoms with Gasteiger partial charge in [0.05, 0.1) is 0 Å². The lowest BCUT2D eigenvalue weighted by Crippen LogP contribution is -2.41. The predicted octanol–water partition coefficient (Wildman–Crippen LogP) is 5.14. The van der Waals surface area contributed by atoms with Crippen LogP contribution < -0.4 is 4.74 Å². The standard InChI is InChI=1S/C24H25FN2O2S/c1-26-22(23(28)27(24(26)30)20-5-3-2-4-6-20)15-17-9-13-21(14-10-17)29-16-18-7-11-19(25)12-8-18/h7-15,20H,2-6,16H2,1H3. The topological polar surface area (TPSA) is 32.8 Å². The van der Waals surface area contributed by atoms with Crippen molar-refractivity contribution < 1.29 is 13.9 Å². The number of nitrogens with zero attached hydrogens (tertiary/aromatic N) is 2. The van der Waals surface area contributed by atoms with Crippen LogP contribution in [0.4, 0.5) is 4.39 Å². The fourth-order valence-electron chi connectivity index (χ4n) is 4.00. The van der Waals surface area contributed by atoms with Crippen LogP contribution in [0.5, 0.6) is 5.75 Å². The van der Waals surface area contributed by atoms with Gasteiger partial charge in [0, 0.05) is 13.1 Å². The lowest BCUT2D eigenvalue weighted by molar-refractivity contribution is -0.124. The van der Waals surface area contributed by atoms with Crippen LogP contribution in [0.15, 0.2) is 54.2 Å². The maximum atomic E-state index is 13.1. The summed E-state index contributed by atoms with van der Waals surface area (Å²) in [5.41, 5.74) is 2.41. The first-order valence-electron chi connectivity index (χ1n) is 10.3. The van der Waals surface area contributed by atoms with Gasteiger partial charge in [0.1, 0.15) is 23.9 Å². The van der Waals surface area contributed by atoms with Gasteiger partial charge in [-0.1, -0.05) is 43.5 Å². The SMILES string of the molecule is CN1C(=S)N(C2CCCCC2)C(=O)C1=Cc1ccc(OCc2ccc(F)cc2)cc1. The molecule has 0 bridgehead atoms. The molecular weight excluding hydrogens is 399 g/mol. The first kappa shape index (κ1) is 20.5. The molecule has 2 aromatic carbocycles. The van der Waals surface area contributed by atoms with Gasteiger partial charge >= 0.3 is 0 Å². The second kappa shape index (κ2) is 8.96. The monoisotopic (exact) mass is 424 g/mol. The molecule has 6 heteroatoms. The Balaban J connectivity index is 1.44. The number of likely N-dealkylation sites (N-methyl/N-ethyl adjacent to an activating group) is 1. The minimum atomic E-state index is -0.260. The summed E-state index contributed by atoms with van der Waals surface area (Å²) in [7, 11) is 1.86. The number of rotatable bonds is 5. The molecule has 1 aliphatic carbocycles. The van der Waals surface area contributed by atoms with Gasteiger partial charge in [0.15, 0.2) is 5.11 Å². The van der Waals surface area contributed by atoms with Crippen molar-refractivity contribution in [3.63, 3.8) is 0 Å². The number of hydrogen-bond donors (Lipinski definition) is 0. The first-order valence-corrected chi connectivity index (χ1v) is 10.7. The molecule has 0 aromatic heterocycles. The Labute approximate surface area is 181 Å². The van der Waals surface area contributed by atoms with E-state index in [1.54, 1.807) is 17.0 Å². The predicted molar refractivity (Wildman–Crippen MR) is 119 cm³/mol. The van der Waals surface area contributed by atoms with Crippen LogP contribution in [-0.4, -0.2) is 33.9 Å². The molecule has 2 fully saturated rings. The number of amides is 1. The van der Waals surface area contributed by atoms with E-state index in [-0.39, 0.29) is 17.8 Å². The number of carbonyl (C=O) groups excluding carboxylic acids is 1. The third kappa shape index (κ3) is 4.38. The van der Waals surface area contributed by atoms with E-state index in [0.717, 1.165) is 36.8 Å². The molecule has 2 aliphatic rings. The van der Waals surface area contributed by atoms with Crippen LogP contribution >= 0.6 is 12.2 Å². The number of carbonyl (C=O) groups is 1. The fraction of sp³-hybridized carbons (Fsp3) is 0.333. The van der Waals surface area contributed by atoms with Gasteiger partial charge in [-0.05, 0) is 66.5 Å². The van der Waals surface area contributed by atoms with Crippen LogP contribution in [-0.2, 0) is 11.4 Å². The van der Waals surface area contributed by atoms with Crippen molar-refractivity contribution in [2.45, 2.75) is 44.8 Å². The second-order valence-electron chi connectivity index (χ2n) is 7.82. The summed E-state index contributed by atoms with van der Waals surface area (Å²) in [5, 5.41) is 0.595. The molecule has 30 heavy (non-hydrogen) atoms. The molecule has 1 amide bonds. The van der Waals surface area contributed by atoms with Crippen LogP contribution in [0, 0.1) is 5.82 Å². The Kier molecular flexibility index (Phi) is 6.13. The summed E-state index contributed by atoms with van der Waals surface area (Å²) in [6, 6.07) is 14.0. The van der Waals surface area contributed by atoms with Crippen molar-refractivity contribution >= 4 is 29.3 Å². The van der Waals surface area contributed by atoms with E-state index >= 15 is 0 Å². The third-order valence-electron chi connectivity index (χ3n) is 5.73. The zero-order chi connectivity index (χ0) is 21.1. The summed E-state index contributed by atoms with van der Waals surface area (Å²) >= 11 is 5.57. The van der Waals surface area contributed by atoms with Gasteiger partial charge in [0.25, 0.3) is 5.91 Å². The maximum absolute atomic E-state index is 13.1. The molecule has 4 nitrogen and oxygen atoms in total. The minimum absolute atomic E-state index is 0.00830. The van der Waals surface area contributed by atoms with Crippen LogP contribution in [0.25, 0.3) is 6.08 Å². The van der Waals surface area contributed by atoms with Gasteiger partial charge in [0.2, 0.25) is 0 Å². The van der Waals surface area contributed by atoms with Gasteiger partial charge in [-0.15, -0.1) is 0 Å². The largest absolute Gasteiger partial charge is 0.489 e. The second-order valence-corrected chi connectivity index (χ2v) is 8.19. The molecule has 2 aromatic rings. The van der Waals surface area contributed by atoms with Gasteiger partial charge < -0.3 is 9.64 Å². The minimum Gasteiger partial charge on any atom is -0.489 e. The Morgan fingerprint density at radius 2 is 1.73 bits per heavy atom. The van der Waals surface area contributed by atoms with E-state index in [2.05, 4.69) is 0 Å². The molecule has 1 saturated carbocycles. The zero-order valence-corrected chi connectivity index (χ0v) is 17.8. The average Bonchev–Trinajstić information content (AvgIpc) is 2.98. The van der Waals surface area contributed by atoms with Crippen LogP contribution in [0.3, 0.4) is 0 Å². The molecule has 4 rings (SSSR count). The van der Waals surface area contributed by atoms with E-state index in [9.17, 15) is 9.18 Å². The molecule has 0 radical (unpaired) electrons. The van der Waals surface area contributed by atoms with Crippen molar-refractivity contribution in [2.75, 3.05) is 7.05 Å². The van der Waals surface area contributed by atoms with Crippen molar-refractivity contribution in [2.24, 2.45) is 0 Å². The highest BCUT2D eigenvalue weighted by atomic mass is 32.1. The van der Waals surface area contributed by atoms with Crippen LogP contribution in [0.1, 0.15) is 43.2 Å². The van der Waals surface area contributed by atoms with Gasteiger partial charge in [-0.3, -0.25) is 9.69 Å². The summed E-state index contributed by atoms with van der Waals surface area (Å²) < 4.78 is 18.7. The number of benzene rings is 2. The number of halogens is 1. The summed E-state index contributed by atoms with van der Waals surface area (Å²) in [6.45, 7) is 0.368. The average molecular weight is 425 g/mol. The van der Waals surface area contributed by atoms with Crippen molar-refractivity contribution in [1.82, 2.24) is 9.80 Å². The molecule has 1 aliphatic heterocycles. The number of thiocarbonyl (C=S) groups is 1. The van der Waals surface area contributed by atoms with Crippen molar-refractivity contribution in [3.8, 4) is 5.75 Å². The van der Waals surface area contributed by atoms with Crippen LogP contribution in [0.2, 0.25) is 0 Å². The highest BCUT2D eigenvalue weighted by molar-refractivity contribution is 7.80. The van der Waals surface area contributed by atoms with Gasteiger partial charge in [-0.25, -0.2) is 4.39 Å². The Bertz CT molecular complexity index is 950. The summed E-state index contributed by atoms with van der Waals surface area (Å²) in [5.74, 6) is 0.446. The summed E-state index contributed by atoms with van der Waals surface area (Å²) in [6.07, 6.45) is 7.46. The molecule has 0 spiro atoms. The molecule has 0 atom stereocenters. The van der Waals surface area contributed by atoms with E-state index in [4.69, 9.17) is 17.0 Å². The van der Waals surface area contributed by atoms with E-state index in [1.165, 1.54) is 18.6 Å². The Morgan fingerprint density at radius 1 is 1.07 bits per heavy atom. The maximum Gasteiger partial charge on any atom is 0.277 e. The molecule has 0 N–H and O–H groups in total. The third-order valence-corrected chi connectivity index (χ3v) is 6.20.